The molecule has 1 aliphatic heterocycles. The van der Waals surface area contributed by atoms with Crippen molar-refractivity contribution in [3.05, 3.63) is 23.2 Å². The number of ether oxygens (including phenoxy) is 2. The highest BCUT2D eigenvalue weighted by Crippen LogP contribution is 2.23. The Kier molecular flexibility index (Phi) is 5.01. The van der Waals surface area contributed by atoms with Crippen LogP contribution >= 0.6 is 11.6 Å². The van der Waals surface area contributed by atoms with Crippen LogP contribution in [0.25, 0.3) is 0 Å². The number of benzene rings is 1. The van der Waals surface area contributed by atoms with Gasteiger partial charge in [0.15, 0.2) is 0 Å². The largest absolute Gasteiger partial charge is 0.399 e. The zero-order valence-electron chi connectivity index (χ0n) is 10.5. The maximum Gasteiger partial charge on any atom is 0.250 e. The molecule has 1 aliphatic rings. The number of nitrogens with two attached hydrogens (primary N) is 1. The Hall–Kier alpha value is -1.30. The number of halogens is 1. The van der Waals surface area contributed by atoms with Gasteiger partial charge in [-0.2, -0.15) is 0 Å². The van der Waals surface area contributed by atoms with Crippen LogP contribution in [-0.2, 0) is 14.3 Å². The molecule has 1 atom stereocenters. The maximum absolute atomic E-state index is 11.7. The lowest BCUT2D eigenvalue weighted by Crippen LogP contribution is -2.21. The monoisotopic (exact) mass is 284 g/mol. The lowest BCUT2D eigenvalue weighted by molar-refractivity contribution is -0.121. The van der Waals surface area contributed by atoms with Crippen molar-refractivity contribution in [1.82, 2.24) is 0 Å². The second-order valence-electron chi connectivity index (χ2n) is 4.53. The van der Waals surface area contributed by atoms with Crippen LogP contribution in [0.1, 0.15) is 6.42 Å². The quantitative estimate of drug-likeness (QED) is 0.810. The highest BCUT2D eigenvalue weighted by Gasteiger charge is 2.16. The molecule has 1 unspecified atom stereocenters. The number of nitrogens with one attached hydrogen (secondary N) is 1. The van der Waals surface area contributed by atoms with Gasteiger partial charge in [-0.1, -0.05) is 11.6 Å². The third kappa shape index (κ3) is 4.38. The third-order valence-corrected chi connectivity index (χ3v) is 3.20. The minimum Gasteiger partial charge on any atom is -0.399 e. The summed E-state index contributed by atoms with van der Waals surface area (Å²) in [6.07, 6.45) is 0.989. The van der Waals surface area contributed by atoms with Crippen LogP contribution in [0, 0.1) is 5.92 Å². The molecule has 104 valence electrons. The predicted molar refractivity (Wildman–Crippen MR) is 74.2 cm³/mol. The Bertz CT molecular complexity index is 448. The first-order valence-electron chi connectivity index (χ1n) is 6.15. The number of nitrogen functional groups attached to an aromatic ring is 1. The fraction of sp³-hybridized carbons (Fsp3) is 0.462. The summed E-state index contributed by atoms with van der Waals surface area (Å²) in [5.74, 6) is 0.148. The van der Waals surface area contributed by atoms with E-state index in [1.165, 1.54) is 0 Å². The molecular weight excluding hydrogens is 268 g/mol. The van der Waals surface area contributed by atoms with E-state index in [0.29, 0.717) is 35.5 Å². The number of anilines is 2. The Balaban J connectivity index is 1.75. The highest BCUT2D eigenvalue weighted by atomic mass is 35.5. The van der Waals surface area contributed by atoms with E-state index in [2.05, 4.69) is 5.32 Å². The van der Waals surface area contributed by atoms with E-state index in [9.17, 15) is 4.79 Å². The molecule has 1 amide bonds. The molecule has 2 rings (SSSR count). The SMILES string of the molecule is Nc1ccc(Cl)c(NC(=O)COCC2CCOC2)c1. The molecule has 1 saturated heterocycles. The van der Waals surface area contributed by atoms with Gasteiger partial charge < -0.3 is 20.5 Å². The first-order chi connectivity index (χ1) is 9.15. The van der Waals surface area contributed by atoms with E-state index in [1.54, 1.807) is 18.2 Å². The average molecular weight is 285 g/mol. The first kappa shape index (κ1) is 14.1. The van der Waals surface area contributed by atoms with Gasteiger partial charge in [0.05, 0.1) is 23.9 Å². The molecule has 1 heterocycles. The summed E-state index contributed by atoms with van der Waals surface area (Å²) in [6.45, 7) is 2.03. The van der Waals surface area contributed by atoms with Crippen molar-refractivity contribution >= 4 is 28.9 Å². The van der Waals surface area contributed by atoms with Gasteiger partial charge in [-0.05, 0) is 24.6 Å². The number of carbonyl (C=O) groups is 1. The maximum atomic E-state index is 11.7. The normalized spacial score (nSPS) is 18.5. The molecule has 1 fully saturated rings. The molecule has 6 heteroatoms. The molecule has 1 aromatic carbocycles. The first-order valence-corrected chi connectivity index (χ1v) is 6.53. The highest BCUT2D eigenvalue weighted by molar-refractivity contribution is 6.33. The second kappa shape index (κ2) is 6.75. The van der Waals surface area contributed by atoms with E-state index >= 15 is 0 Å². The molecule has 0 aromatic heterocycles. The van der Waals surface area contributed by atoms with Gasteiger partial charge >= 0.3 is 0 Å². The molecule has 0 saturated carbocycles. The van der Waals surface area contributed by atoms with Gasteiger partial charge in [-0.25, -0.2) is 0 Å². The standard InChI is InChI=1S/C13H17ClN2O3/c14-11-2-1-10(15)5-12(11)16-13(17)8-19-7-9-3-4-18-6-9/h1-2,5,9H,3-4,6-8,15H2,(H,16,17). The van der Waals surface area contributed by atoms with E-state index in [-0.39, 0.29) is 12.5 Å². The van der Waals surface area contributed by atoms with Crippen LogP contribution in [0.3, 0.4) is 0 Å². The van der Waals surface area contributed by atoms with E-state index < -0.39 is 0 Å². The minimum absolute atomic E-state index is 0.00162. The Morgan fingerprint density at radius 1 is 1.58 bits per heavy atom. The third-order valence-electron chi connectivity index (χ3n) is 2.88. The summed E-state index contributed by atoms with van der Waals surface area (Å²) in [7, 11) is 0. The van der Waals surface area contributed by atoms with Crippen LogP contribution in [0.5, 0.6) is 0 Å². The number of hydrogen-bond acceptors (Lipinski definition) is 4. The molecule has 0 aliphatic carbocycles. The van der Waals surface area contributed by atoms with Crippen molar-refractivity contribution in [3.8, 4) is 0 Å². The fourth-order valence-corrected chi connectivity index (χ4v) is 2.02. The lowest BCUT2D eigenvalue weighted by atomic mass is 10.1. The van der Waals surface area contributed by atoms with Gasteiger partial charge in [-0.15, -0.1) is 0 Å². The predicted octanol–water partition coefficient (Wildman–Crippen LogP) is 1.91. The molecule has 3 N–H and O–H groups in total. The number of carbonyl (C=O) groups excluding carboxylic acids is 1. The van der Waals surface area contributed by atoms with Crippen molar-refractivity contribution in [2.75, 3.05) is 37.5 Å². The molecular formula is C13H17ClN2O3. The lowest BCUT2D eigenvalue weighted by Gasteiger charge is -2.10. The Morgan fingerprint density at radius 3 is 3.16 bits per heavy atom. The van der Waals surface area contributed by atoms with Gasteiger partial charge in [0, 0.05) is 18.2 Å². The van der Waals surface area contributed by atoms with Crippen molar-refractivity contribution < 1.29 is 14.3 Å². The van der Waals surface area contributed by atoms with Gasteiger partial charge in [0.2, 0.25) is 5.91 Å². The zero-order chi connectivity index (χ0) is 13.7. The summed E-state index contributed by atoms with van der Waals surface area (Å²) in [5.41, 5.74) is 6.68. The zero-order valence-corrected chi connectivity index (χ0v) is 11.3. The minimum atomic E-state index is -0.244. The van der Waals surface area contributed by atoms with Crippen LogP contribution in [0.15, 0.2) is 18.2 Å². The van der Waals surface area contributed by atoms with Crippen molar-refractivity contribution in [2.24, 2.45) is 5.92 Å². The van der Waals surface area contributed by atoms with Gasteiger partial charge in [0.1, 0.15) is 6.61 Å². The fourth-order valence-electron chi connectivity index (χ4n) is 1.86. The van der Waals surface area contributed by atoms with Gasteiger partial charge in [0.25, 0.3) is 0 Å². The smallest absolute Gasteiger partial charge is 0.250 e. The van der Waals surface area contributed by atoms with Crippen LogP contribution < -0.4 is 11.1 Å². The molecule has 1 aromatic rings. The molecule has 0 spiro atoms. The van der Waals surface area contributed by atoms with Crippen molar-refractivity contribution in [1.29, 1.82) is 0 Å². The summed E-state index contributed by atoms with van der Waals surface area (Å²) in [4.78, 5) is 11.7. The Labute approximate surface area is 117 Å². The number of rotatable bonds is 5. The van der Waals surface area contributed by atoms with E-state index in [4.69, 9.17) is 26.8 Å². The summed E-state index contributed by atoms with van der Waals surface area (Å²) in [5, 5.41) is 3.12. The molecule has 0 bridgehead atoms. The van der Waals surface area contributed by atoms with E-state index in [0.717, 1.165) is 13.0 Å². The molecule has 0 radical (unpaired) electrons. The summed E-state index contributed by atoms with van der Waals surface area (Å²) < 4.78 is 10.6. The van der Waals surface area contributed by atoms with Crippen LogP contribution in [-0.4, -0.2) is 32.3 Å². The summed E-state index contributed by atoms with van der Waals surface area (Å²) >= 11 is 5.95. The topological polar surface area (TPSA) is 73.6 Å². The average Bonchev–Trinajstić information content (AvgIpc) is 2.87. The summed E-state index contributed by atoms with van der Waals surface area (Å²) in [6, 6.07) is 4.93. The second-order valence-corrected chi connectivity index (χ2v) is 4.94. The van der Waals surface area contributed by atoms with Crippen molar-refractivity contribution in [3.63, 3.8) is 0 Å². The number of hydrogen-bond donors (Lipinski definition) is 2. The van der Waals surface area contributed by atoms with Crippen LogP contribution in [0.2, 0.25) is 5.02 Å². The van der Waals surface area contributed by atoms with Crippen molar-refractivity contribution in [2.45, 2.75) is 6.42 Å². The molecule has 19 heavy (non-hydrogen) atoms. The Morgan fingerprint density at radius 2 is 2.42 bits per heavy atom. The van der Waals surface area contributed by atoms with Crippen LogP contribution in [0.4, 0.5) is 11.4 Å². The van der Waals surface area contributed by atoms with E-state index in [1.807, 2.05) is 0 Å². The molecule has 5 nitrogen and oxygen atoms in total. The van der Waals surface area contributed by atoms with Gasteiger partial charge in [-0.3, -0.25) is 4.79 Å². The number of amides is 1.